The van der Waals surface area contributed by atoms with Crippen LogP contribution in [0.3, 0.4) is 0 Å². The summed E-state index contributed by atoms with van der Waals surface area (Å²) in [6.45, 7) is 11.2. The zero-order chi connectivity index (χ0) is 21.7. The van der Waals surface area contributed by atoms with Crippen molar-refractivity contribution < 1.29 is 4.79 Å². The Morgan fingerprint density at radius 2 is 1.83 bits per heavy atom. The number of carbonyl (C=O) groups excluding carboxylic acids is 1. The number of benzene rings is 1. The second-order valence-corrected chi connectivity index (χ2v) is 9.35. The quantitative estimate of drug-likeness (QED) is 0.378. The van der Waals surface area contributed by atoms with Crippen LogP contribution in [0, 0.1) is 11.8 Å². The highest BCUT2D eigenvalue weighted by atomic mass is 32.2. The smallest absolute Gasteiger partial charge is 0.253 e. The van der Waals surface area contributed by atoms with Gasteiger partial charge in [0.2, 0.25) is 0 Å². The summed E-state index contributed by atoms with van der Waals surface area (Å²) < 4.78 is 4.39. The van der Waals surface area contributed by atoms with E-state index < -0.39 is 0 Å². The summed E-state index contributed by atoms with van der Waals surface area (Å²) in [5, 5.41) is 13.7. The Kier molecular flexibility index (Phi) is 7.58. The van der Waals surface area contributed by atoms with Gasteiger partial charge in [0.1, 0.15) is 5.82 Å². The van der Waals surface area contributed by atoms with Gasteiger partial charge in [-0.25, -0.2) is 0 Å². The van der Waals surface area contributed by atoms with Crippen molar-refractivity contribution in [3.05, 3.63) is 41.9 Å². The maximum absolute atomic E-state index is 12.9. The zero-order valence-electron chi connectivity index (χ0n) is 18.7. The van der Waals surface area contributed by atoms with Crippen LogP contribution in [0.4, 0.5) is 0 Å². The van der Waals surface area contributed by atoms with Crippen LogP contribution in [0.25, 0.3) is 10.9 Å². The molecule has 2 aromatic heterocycles. The van der Waals surface area contributed by atoms with Gasteiger partial charge in [-0.1, -0.05) is 57.7 Å². The lowest BCUT2D eigenvalue weighted by molar-refractivity contribution is 0.0954. The van der Waals surface area contributed by atoms with Crippen LogP contribution in [0.2, 0.25) is 0 Å². The zero-order valence-corrected chi connectivity index (χ0v) is 19.5. The van der Waals surface area contributed by atoms with Crippen LogP contribution in [0.1, 0.15) is 50.3 Å². The molecule has 0 aliphatic rings. The molecule has 30 heavy (non-hydrogen) atoms. The van der Waals surface area contributed by atoms with Crippen molar-refractivity contribution in [3.63, 3.8) is 0 Å². The Balaban J connectivity index is 1.63. The standard InChI is InChI=1S/C23H33N5OS/c1-16(2)13-27-15-19(18-9-6-7-10-20(18)27)22(29)24-12-8-11-21-25-26-23(30-5)28(21)14-17(3)4/h6-7,9-10,15-17H,8,11-14H2,1-5H3,(H,24,29). The van der Waals surface area contributed by atoms with Gasteiger partial charge < -0.3 is 14.5 Å². The van der Waals surface area contributed by atoms with E-state index >= 15 is 0 Å². The van der Waals surface area contributed by atoms with E-state index in [2.05, 4.69) is 58.4 Å². The first kappa shape index (κ1) is 22.4. The third kappa shape index (κ3) is 5.25. The first-order valence-electron chi connectivity index (χ1n) is 10.7. The molecule has 0 aliphatic carbocycles. The molecule has 7 heteroatoms. The normalized spacial score (nSPS) is 11.7. The van der Waals surface area contributed by atoms with Crippen molar-refractivity contribution >= 4 is 28.6 Å². The Morgan fingerprint density at radius 1 is 1.10 bits per heavy atom. The molecule has 0 radical (unpaired) electrons. The molecule has 0 spiro atoms. The molecule has 0 unspecified atom stereocenters. The summed E-state index contributed by atoms with van der Waals surface area (Å²) in [6.07, 6.45) is 5.65. The van der Waals surface area contributed by atoms with E-state index in [9.17, 15) is 4.79 Å². The molecule has 3 aromatic rings. The van der Waals surface area contributed by atoms with E-state index in [4.69, 9.17) is 0 Å². The molecular formula is C23H33N5OS. The first-order valence-corrected chi connectivity index (χ1v) is 11.9. The van der Waals surface area contributed by atoms with Crippen molar-refractivity contribution in [2.24, 2.45) is 11.8 Å². The minimum atomic E-state index is -0.0119. The topological polar surface area (TPSA) is 64.7 Å². The predicted octanol–water partition coefficient (Wildman–Crippen LogP) is 4.63. The Labute approximate surface area is 183 Å². The van der Waals surface area contributed by atoms with Gasteiger partial charge >= 0.3 is 0 Å². The highest BCUT2D eigenvalue weighted by Gasteiger charge is 2.16. The van der Waals surface area contributed by atoms with Crippen LogP contribution in [-0.4, -0.2) is 38.0 Å². The second-order valence-electron chi connectivity index (χ2n) is 8.57. The summed E-state index contributed by atoms with van der Waals surface area (Å²) in [6, 6.07) is 8.12. The summed E-state index contributed by atoms with van der Waals surface area (Å²) in [4.78, 5) is 12.9. The number of nitrogens with one attached hydrogen (secondary N) is 1. The van der Waals surface area contributed by atoms with Gasteiger partial charge in [-0.05, 0) is 30.6 Å². The van der Waals surface area contributed by atoms with Crippen molar-refractivity contribution in [1.29, 1.82) is 0 Å². The summed E-state index contributed by atoms with van der Waals surface area (Å²) in [5.74, 6) is 2.04. The molecule has 0 saturated carbocycles. The SMILES string of the molecule is CSc1nnc(CCCNC(=O)c2cn(CC(C)C)c3ccccc23)n1CC(C)C. The number of aryl methyl sites for hydroxylation is 1. The van der Waals surface area contributed by atoms with Crippen molar-refractivity contribution in [2.45, 2.75) is 58.8 Å². The molecule has 0 saturated heterocycles. The number of hydrogen-bond acceptors (Lipinski definition) is 4. The minimum absolute atomic E-state index is 0.0119. The maximum Gasteiger partial charge on any atom is 0.253 e. The number of hydrogen-bond donors (Lipinski definition) is 1. The molecule has 2 heterocycles. The lowest BCUT2D eigenvalue weighted by Gasteiger charge is -2.11. The third-order valence-corrected chi connectivity index (χ3v) is 5.65. The van der Waals surface area contributed by atoms with Crippen LogP contribution >= 0.6 is 11.8 Å². The summed E-state index contributed by atoms with van der Waals surface area (Å²) in [7, 11) is 0. The average molecular weight is 428 g/mol. The summed E-state index contributed by atoms with van der Waals surface area (Å²) >= 11 is 1.62. The molecule has 1 N–H and O–H groups in total. The molecule has 162 valence electrons. The number of para-hydroxylation sites is 1. The highest BCUT2D eigenvalue weighted by Crippen LogP contribution is 2.22. The van der Waals surface area contributed by atoms with Gasteiger partial charge in [-0.15, -0.1) is 10.2 Å². The maximum atomic E-state index is 12.9. The van der Waals surface area contributed by atoms with Crippen LogP contribution in [0.5, 0.6) is 0 Å². The largest absolute Gasteiger partial charge is 0.352 e. The van der Waals surface area contributed by atoms with Crippen LogP contribution in [-0.2, 0) is 19.5 Å². The monoisotopic (exact) mass is 427 g/mol. The van der Waals surface area contributed by atoms with E-state index in [-0.39, 0.29) is 5.91 Å². The molecule has 1 amide bonds. The summed E-state index contributed by atoms with van der Waals surface area (Å²) in [5.41, 5.74) is 1.86. The van der Waals surface area contributed by atoms with Crippen molar-refractivity contribution in [1.82, 2.24) is 24.6 Å². The molecule has 1 aromatic carbocycles. The van der Waals surface area contributed by atoms with Gasteiger partial charge in [-0.3, -0.25) is 4.79 Å². The number of thioether (sulfide) groups is 1. The Morgan fingerprint density at radius 3 is 2.53 bits per heavy atom. The van der Waals surface area contributed by atoms with Gasteiger partial charge in [0, 0.05) is 43.2 Å². The fraction of sp³-hybridized carbons (Fsp3) is 0.522. The van der Waals surface area contributed by atoms with Gasteiger partial charge in [0.05, 0.1) is 5.56 Å². The highest BCUT2D eigenvalue weighted by molar-refractivity contribution is 7.98. The van der Waals surface area contributed by atoms with Gasteiger partial charge in [0.15, 0.2) is 5.16 Å². The third-order valence-electron chi connectivity index (χ3n) is 4.98. The van der Waals surface area contributed by atoms with E-state index in [1.165, 1.54) is 0 Å². The molecule has 3 rings (SSSR count). The predicted molar refractivity (Wildman–Crippen MR) is 124 cm³/mol. The molecule has 0 aliphatic heterocycles. The first-order chi connectivity index (χ1) is 14.4. The van der Waals surface area contributed by atoms with Crippen LogP contribution < -0.4 is 5.32 Å². The van der Waals surface area contributed by atoms with Gasteiger partial charge in [0.25, 0.3) is 5.91 Å². The fourth-order valence-corrected chi connectivity index (χ4v) is 4.24. The molecule has 0 fully saturated rings. The lowest BCUT2D eigenvalue weighted by atomic mass is 10.1. The number of amides is 1. The molecular weight excluding hydrogens is 394 g/mol. The van der Waals surface area contributed by atoms with E-state index in [1.54, 1.807) is 11.8 Å². The van der Waals surface area contributed by atoms with E-state index in [1.807, 2.05) is 30.7 Å². The van der Waals surface area contributed by atoms with E-state index in [0.29, 0.717) is 18.4 Å². The molecule has 0 bridgehead atoms. The Bertz CT molecular complexity index is 989. The number of aromatic nitrogens is 4. The minimum Gasteiger partial charge on any atom is -0.352 e. The number of rotatable bonds is 10. The number of fused-ring (bicyclic) bond motifs is 1. The van der Waals surface area contributed by atoms with E-state index in [0.717, 1.165) is 53.4 Å². The average Bonchev–Trinajstić information content (AvgIpc) is 3.26. The number of carbonyl (C=O) groups is 1. The number of nitrogens with zero attached hydrogens (tertiary/aromatic N) is 4. The van der Waals surface area contributed by atoms with Crippen molar-refractivity contribution in [3.8, 4) is 0 Å². The lowest BCUT2D eigenvalue weighted by Crippen LogP contribution is -2.25. The van der Waals surface area contributed by atoms with Crippen molar-refractivity contribution in [2.75, 3.05) is 12.8 Å². The Hall–Kier alpha value is -2.28. The van der Waals surface area contributed by atoms with Gasteiger partial charge in [-0.2, -0.15) is 0 Å². The fourth-order valence-electron chi connectivity index (χ4n) is 3.72. The van der Waals surface area contributed by atoms with Crippen LogP contribution in [0.15, 0.2) is 35.6 Å². The molecule has 0 atom stereocenters. The molecule has 6 nitrogen and oxygen atoms in total. The second kappa shape index (κ2) is 10.2.